The molecule has 3 heteroatoms. The van der Waals surface area contributed by atoms with Crippen molar-refractivity contribution in [3.05, 3.63) is 45.2 Å². The Bertz CT molecular complexity index is 533. The minimum atomic E-state index is 0.572. The van der Waals surface area contributed by atoms with Gasteiger partial charge in [-0.3, -0.25) is 0 Å². The third kappa shape index (κ3) is 3.02. The van der Waals surface area contributed by atoms with Gasteiger partial charge in [0, 0.05) is 26.7 Å². The van der Waals surface area contributed by atoms with Crippen LogP contribution in [0.15, 0.2) is 34.8 Å². The molecule has 0 radical (unpaired) electrons. The maximum atomic E-state index is 3.60. The van der Waals surface area contributed by atoms with Gasteiger partial charge in [0.25, 0.3) is 0 Å². The maximum Gasteiger partial charge on any atom is 0.0346 e. The van der Waals surface area contributed by atoms with Gasteiger partial charge in [-0.25, -0.2) is 0 Å². The van der Waals surface area contributed by atoms with Crippen molar-refractivity contribution in [1.29, 1.82) is 0 Å². The molecular weight excluding hydrogens is 306 g/mol. The van der Waals surface area contributed by atoms with Crippen LogP contribution in [0.5, 0.6) is 0 Å². The first-order valence-corrected chi connectivity index (χ1v) is 7.73. The van der Waals surface area contributed by atoms with Gasteiger partial charge in [-0.05, 0) is 43.3 Å². The van der Waals surface area contributed by atoms with Gasteiger partial charge in [0.2, 0.25) is 0 Å². The summed E-state index contributed by atoms with van der Waals surface area (Å²) in [4.78, 5) is 2.78. The Morgan fingerprint density at radius 2 is 2.06 bits per heavy atom. The van der Waals surface area contributed by atoms with Crippen molar-refractivity contribution < 1.29 is 0 Å². The predicted octanol–water partition coefficient (Wildman–Crippen LogP) is 4.81. The second-order valence-electron chi connectivity index (χ2n) is 4.62. The number of nitrogens with one attached hydrogen (secondary N) is 1. The quantitative estimate of drug-likeness (QED) is 0.851. The van der Waals surface area contributed by atoms with Crippen LogP contribution in [0.25, 0.3) is 10.4 Å². The lowest BCUT2D eigenvalue weighted by Crippen LogP contribution is -2.13. The van der Waals surface area contributed by atoms with E-state index in [9.17, 15) is 0 Å². The van der Waals surface area contributed by atoms with Gasteiger partial charge in [0.1, 0.15) is 0 Å². The van der Waals surface area contributed by atoms with E-state index in [2.05, 4.69) is 65.4 Å². The van der Waals surface area contributed by atoms with Gasteiger partial charge in [0.05, 0.1) is 0 Å². The van der Waals surface area contributed by atoms with Gasteiger partial charge in [-0.1, -0.05) is 35.0 Å². The molecule has 1 aromatic carbocycles. The van der Waals surface area contributed by atoms with Gasteiger partial charge in [0.15, 0.2) is 0 Å². The van der Waals surface area contributed by atoms with Crippen molar-refractivity contribution in [2.24, 2.45) is 0 Å². The molecule has 1 heterocycles. The van der Waals surface area contributed by atoms with E-state index < -0.39 is 0 Å². The number of thiophene rings is 1. The Balaban J connectivity index is 2.26. The minimum absolute atomic E-state index is 0.572. The highest BCUT2D eigenvalue weighted by Gasteiger charge is 2.09. The molecule has 96 valence electrons. The lowest BCUT2D eigenvalue weighted by Gasteiger charge is -2.07. The normalized spacial score (nSPS) is 12.7. The molecule has 0 saturated carbocycles. The van der Waals surface area contributed by atoms with Crippen LogP contribution < -0.4 is 5.32 Å². The van der Waals surface area contributed by atoms with Gasteiger partial charge < -0.3 is 5.32 Å². The molecule has 18 heavy (non-hydrogen) atoms. The number of halogens is 1. The number of benzene rings is 1. The summed E-state index contributed by atoms with van der Waals surface area (Å²) in [7, 11) is 2.00. The second-order valence-corrected chi connectivity index (χ2v) is 6.59. The first kappa shape index (κ1) is 13.8. The topological polar surface area (TPSA) is 12.0 Å². The molecule has 0 bridgehead atoms. The van der Waals surface area contributed by atoms with Crippen molar-refractivity contribution in [2.75, 3.05) is 13.6 Å². The fourth-order valence-electron chi connectivity index (χ4n) is 1.93. The first-order valence-electron chi connectivity index (χ1n) is 6.12. The molecule has 0 aliphatic carbocycles. The predicted molar refractivity (Wildman–Crippen MR) is 84.5 cm³/mol. The summed E-state index contributed by atoms with van der Waals surface area (Å²) in [5.41, 5.74) is 2.57. The van der Waals surface area contributed by atoms with E-state index in [1.54, 1.807) is 0 Å². The van der Waals surface area contributed by atoms with E-state index in [-0.39, 0.29) is 0 Å². The smallest absolute Gasteiger partial charge is 0.0346 e. The number of rotatable bonds is 4. The fraction of sp³-hybridized carbons (Fsp3) is 0.333. The summed E-state index contributed by atoms with van der Waals surface area (Å²) < 4.78 is 1.18. The van der Waals surface area contributed by atoms with E-state index in [4.69, 9.17) is 0 Å². The van der Waals surface area contributed by atoms with Crippen LogP contribution in [0.2, 0.25) is 0 Å². The van der Waals surface area contributed by atoms with Crippen LogP contribution in [0.1, 0.15) is 23.3 Å². The van der Waals surface area contributed by atoms with Gasteiger partial charge in [-0.15, -0.1) is 11.3 Å². The third-order valence-corrected chi connectivity index (χ3v) is 5.30. The Morgan fingerprint density at radius 1 is 1.28 bits per heavy atom. The van der Waals surface area contributed by atoms with Crippen molar-refractivity contribution in [1.82, 2.24) is 5.32 Å². The van der Waals surface area contributed by atoms with Crippen LogP contribution in [-0.2, 0) is 0 Å². The maximum absolute atomic E-state index is 3.60. The number of aryl methyl sites for hydroxylation is 1. The molecule has 2 rings (SSSR count). The summed E-state index contributed by atoms with van der Waals surface area (Å²) >= 11 is 5.49. The molecule has 1 atom stereocenters. The number of hydrogen-bond acceptors (Lipinski definition) is 2. The van der Waals surface area contributed by atoms with Gasteiger partial charge in [-0.2, -0.15) is 0 Å². The molecule has 0 aliphatic rings. The highest BCUT2D eigenvalue weighted by Crippen LogP contribution is 2.33. The number of likely N-dealkylation sites (N-methyl/N-ethyl adjacent to an activating group) is 1. The average molecular weight is 324 g/mol. The summed E-state index contributed by atoms with van der Waals surface area (Å²) in [6.45, 7) is 5.40. The van der Waals surface area contributed by atoms with E-state index in [0.717, 1.165) is 6.54 Å². The van der Waals surface area contributed by atoms with Crippen LogP contribution in [-0.4, -0.2) is 13.6 Å². The Hall–Kier alpha value is -0.640. The largest absolute Gasteiger partial charge is 0.319 e. The molecule has 0 fully saturated rings. The van der Waals surface area contributed by atoms with E-state index in [0.29, 0.717) is 5.92 Å². The number of hydrogen-bond donors (Lipinski definition) is 1. The third-order valence-electron chi connectivity index (χ3n) is 3.08. The standard InChI is InChI=1S/C15H18BrNS/c1-10-4-5-12(8-13(10)16)15-7-6-14(18-15)11(2)9-17-3/h4-8,11,17H,9H2,1-3H3. The van der Waals surface area contributed by atoms with Crippen LogP contribution >= 0.6 is 27.3 Å². The molecule has 1 N–H and O–H groups in total. The molecule has 0 spiro atoms. The van der Waals surface area contributed by atoms with Crippen molar-refractivity contribution >= 4 is 27.3 Å². The van der Waals surface area contributed by atoms with Crippen LogP contribution in [0.4, 0.5) is 0 Å². The highest BCUT2D eigenvalue weighted by molar-refractivity contribution is 9.10. The Morgan fingerprint density at radius 3 is 2.72 bits per heavy atom. The molecule has 1 unspecified atom stereocenters. The molecule has 1 nitrogen and oxygen atoms in total. The average Bonchev–Trinajstić information content (AvgIpc) is 2.82. The van der Waals surface area contributed by atoms with Crippen molar-refractivity contribution in [3.63, 3.8) is 0 Å². The lowest BCUT2D eigenvalue weighted by atomic mass is 10.1. The summed E-state index contributed by atoms with van der Waals surface area (Å²) in [5, 5.41) is 3.23. The molecule has 0 saturated heterocycles. The zero-order chi connectivity index (χ0) is 13.1. The SMILES string of the molecule is CNCC(C)c1ccc(-c2ccc(C)c(Br)c2)s1. The molecule has 0 aliphatic heterocycles. The van der Waals surface area contributed by atoms with Crippen LogP contribution in [0, 0.1) is 6.92 Å². The summed E-state index contributed by atoms with van der Waals surface area (Å²) in [5.74, 6) is 0.572. The zero-order valence-corrected chi connectivity index (χ0v) is 13.4. The summed E-state index contributed by atoms with van der Waals surface area (Å²) in [6.07, 6.45) is 0. The summed E-state index contributed by atoms with van der Waals surface area (Å²) in [6, 6.07) is 11.0. The van der Waals surface area contributed by atoms with E-state index in [1.807, 2.05) is 18.4 Å². The molecule has 1 aromatic heterocycles. The fourth-order valence-corrected chi connectivity index (χ4v) is 3.36. The lowest BCUT2D eigenvalue weighted by molar-refractivity contribution is 0.687. The van der Waals surface area contributed by atoms with E-state index >= 15 is 0 Å². The second kappa shape index (κ2) is 6.00. The molecule has 0 amide bonds. The first-order chi connectivity index (χ1) is 8.61. The molecular formula is C15H18BrNS. The van der Waals surface area contributed by atoms with Crippen molar-refractivity contribution in [3.8, 4) is 10.4 Å². The van der Waals surface area contributed by atoms with Gasteiger partial charge >= 0.3 is 0 Å². The Labute approximate surface area is 121 Å². The zero-order valence-electron chi connectivity index (χ0n) is 11.0. The van der Waals surface area contributed by atoms with E-state index in [1.165, 1.54) is 25.4 Å². The van der Waals surface area contributed by atoms with Crippen molar-refractivity contribution in [2.45, 2.75) is 19.8 Å². The Kier molecular flexibility index (Phi) is 4.60. The monoisotopic (exact) mass is 323 g/mol. The highest BCUT2D eigenvalue weighted by atomic mass is 79.9. The van der Waals surface area contributed by atoms with Crippen LogP contribution in [0.3, 0.4) is 0 Å². The molecule has 2 aromatic rings. The minimum Gasteiger partial charge on any atom is -0.319 e.